The Hall–Kier alpha value is -2.18. The Morgan fingerprint density at radius 2 is 2.00 bits per heavy atom. The fourth-order valence-electron chi connectivity index (χ4n) is 1.97. The molecule has 3 aromatic rings. The number of aryl methyl sites for hydroxylation is 1. The number of benzene rings is 1. The molecule has 0 unspecified atom stereocenters. The van der Waals surface area contributed by atoms with Gasteiger partial charge < -0.3 is 4.74 Å². The predicted octanol–water partition coefficient (Wildman–Crippen LogP) is 4.43. The van der Waals surface area contributed by atoms with Gasteiger partial charge in [-0.05, 0) is 54.9 Å². The van der Waals surface area contributed by atoms with Gasteiger partial charge in [0.2, 0.25) is 4.80 Å². The van der Waals surface area contributed by atoms with E-state index >= 15 is 0 Å². The topological polar surface area (TPSA) is 38.9 Å². The first kappa shape index (κ1) is 15.7. The molecule has 0 bridgehead atoms. The standard InChI is InChI=1S/C17H17N3OS2/c1-3-21-16-6-4-15(5-7-16)19-17-20(13(2)11-23-17)18-10-14-8-9-22-12-14/h4-12H,3H2,1-2H3. The van der Waals surface area contributed by atoms with Crippen LogP contribution in [-0.4, -0.2) is 17.5 Å². The van der Waals surface area contributed by atoms with E-state index in [0.717, 1.165) is 27.5 Å². The van der Waals surface area contributed by atoms with Crippen molar-refractivity contribution in [3.8, 4) is 5.75 Å². The Kier molecular flexibility index (Phi) is 5.05. The highest BCUT2D eigenvalue weighted by Gasteiger charge is 2.00. The van der Waals surface area contributed by atoms with Crippen molar-refractivity contribution in [3.63, 3.8) is 0 Å². The number of ether oxygens (including phenoxy) is 1. The maximum Gasteiger partial charge on any atom is 0.211 e. The summed E-state index contributed by atoms with van der Waals surface area (Å²) >= 11 is 3.24. The number of hydrogen-bond donors (Lipinski definition) is 0. The Labute approximate surface area is 143 Å². The second-order valence-electron chi connectivity index (χ2n) is 4.81. The molecule has 1 aromatic carbocycles. The number of thiazole rings is 1. The van der Waals surface area contributed by atoms with Crippen molar-refractivity contribution in [1.82, 2.24) is 4.68 Å². The zero-order valence-corrected chi connectivity index (χ0v) is 14.6. The second-order valence-corrected chi connectivity index (χ2v) is 6.43. The van der Waals surface area contributed by atoms with E-state index in [1.807, 2.05) is 60.5 Å². The molecule has 0 fully saturated rings. The van der Waals surface area contributed by atoms with Crippen molar-refractivity contribution in [2.75, 3.05) is 6.61 Å². The molecule has 0 spiro atoms. The van der Waals surface area contributed by atoms with Gasteiger partial charge in [0.15, 0.2) is 0 Å². The van der Waals surface area contributed by atoms with Gasteiger partial charge in [-0.15, -0.1) is 11.3 Å². The van der Waals surface area contributed by atoms with Gasteiger partial charge in [0.05, 0.1) is 24.2 Å². The van der Waals surface area contributed by atoms with E-state index in [2.05, 4.69) is 20.9 Å². The molecule has 118 valence electrons. The number of nitrogens with zero attached hydrogens (tertiary/aromatic N) is 3. The smallest absolute Gasteiger partial charge is 0.211 e. The number of thiophene rings is 1. The van der Waals surface area contributed by atoms with Gasteiger partial charge in [0.1, 0.15) is 5.75 Å². The lowest BCUT2D eigenvalue weighted by Crippen LogP contribution is -2.11. The van der Waals surface area contributed by atoms with E-state index in [9.17, 15) is 0 Å². The molecule has 0 saturated carbocycles. The van der Waals surface area contributed by atoms with E-state index < -0.39 is 0 Å². The van der Waals surface area contributed by atoms with Gasteiger partial charge in [-0.25, -0.2) is 9.67 Å². The van der Waals surface area contributed by atoms with Crippen molar-refractivity contribution in [2.45, 2.75) is 13.8 Å². The molecule has 0 N–H and O–H groups in total. The number of hydrogen-bond acceptors (Lipinski definition) is 5. The molecular weight excluding hydrogens is 326 g/mol. The molecular formula is C17H17N3OS2. The van der Waals surface area contributed by atoms with Gasteiger partial charge in [0.25, 0.3) is 0 Å². The van der Waals surface area contributed by atoms with Gasteiger partial charge in [-0.1, -0.05) is 0 Å². The zero-order valence-electron chi connectivity index (χ0n) is 13.0. The van der Waals surface area contributed by atoms with Crippen LogP contribution in [0.25, 0.3) is 0 Å². The molecule has 3 rings (SSSR count). The van der Waals surface area contributed by atoms with Gasteiger partial charge in [0, 0.05) is 10.9 Å². The first-order chi connectivity index (χ1) is 11.3. The highest BCUT2D eigenvalue weighted by atomic mass is 32.1. The molecule has 6 heteroatoms. The first-order valence-corrected chi connectivity index (χ1v) is 9.10. The molecule has 0 radical (unpaired) electrons. The van der Waals surface area contributed by atoms with E-state index in [4.69, 9.17) is 4.74 Å². The minimum absolute atomic E-state index is 0.665. The van der Waals surface area contributed by atoms with Crippen LogP contribution in [-0.2, 0) is 0 Å². The molecule has 0 saturated heterocycles. The Morgan fingerprint density at radius 1 is 1.17 bits per heavy atom. The first-order valence-electron chi connectivity index (χ1n) is 7.27. The van der Waals surface area contributed by atoms with E-state index in [-0.39, 0.29) is 0 Å². The van der Waals surface area contributed by atoms with Crippen LogP contribution in [0.2, 0.25) is 0 Å². The van der Waals surface area contributed by atoms with Crippen molar-refractivity contribution < 1.29 is 4.74 Å². The molecule has 4 nitrogen and oxygen atoms in total. The highest BCUT2D eigenvalue weighted by Crippen LogP contribution is 2.18. The maximum atomic E-state index is 5.45. The summed E-state index contributed by atoms with van der Waals surface area (Å²) < 4.78 is 7.31. The summed E-state index contributed by atoms with van der Waals surface area (Å²) in [7, 11) is 0. The molecule has 0 aliphatic rings. The molecule has 2 heterocycles. The van der Waals surface area contributed by atoms with Gasteiger partial charge in [-0.2, -0.15) is 16.4 Å². The third-order valence-electron chi connectivity index (χ3n) is 3.09. The average Bonchev–Trinajstić information content (AvgIpc) is 3.18. The van der Waals surface area contributed by atoms with Crippen molar-refractivity contribution in [1.29, 1.82) is 0 Å². The number of rotatable bonds is 5. The van der Waals surface area contributed by atoms with Crippen LogP contribution in [0.5, 0.6) is 5.75 Å². The molecule has 2 aromatic heterocycles. The number of aromatic nitrogens is 1. The summed E-state index contributed by atoms with van der Waals surface area (Å²) in [4.78, 5) is 5.52. The SMILES string of the molecule is CCOc1ccc(N=c2scc(C)n2N=Cc2ccsc2)cc1. The fraction of sp³-hybridized carbons (Fsp3) is 0.176. The third kappa shape index (κ3) is 3.97. The van der Waals surface area contributed by atoms with Gasteiger partial charge in [-0.3, -0.25) is 0 Å². The summed E-state index contributed by atoms with van der Waals surface area (Å²) in [6.45, 7) is 4.66. The fourth-order valence-corrected chi connectivity index (χ4v) is 3.41. The quantitative estimate of drug-likeness (QED) is 0.632. The third-order valence-corrected chi connectivity index (χ3v) is 4.72. The van der Waals surface area contributed by atoms with Gasteiger partial charge >= 0.3 is 0 Å². The lowest BCUT2D eigenvalue weighted by molar-refractivity contribution is 0.340. The Morgan fingerprint density at radius 3 is 2.70 bits per heavy atom. The molecule has 0 amide bonds. The van der Waals surface area contributed by atoms with Crippen molar-refractivity contribution in [2.24, 2.45) is 10.1 Å². The molecule has 0 atom stereocenters. The predicted molar refractivity (Wildman–Crippen MR) is 97.2 cm³/mol. The molecule has 0 aliphatic carbocycles. The van der Waals surface area contributed by atoms with Crippen LogP contribution in [0.4, 0.5) is 5.69 Å². The van der Waals surface area contributed by atoms with E-state index in [1.165, 1.54) is 0 Å². The van der Waals surface area contributed by atoms with Crippen LogP contribution in [0.15, 0.2) is 56.6 Å². The minimum atomic E-state index is 0.665. The summed E-state index contributed by atoms with van der Waals surface area (Å²) in [6, 6.07) is 9.81. The molecule has 23 heavy (non-hydrogen) atoms. The summed E-state index contributed by atoms with van der Waals surface area (Å²) in [5.74, 6) is 0.858. The summed E-state index contributed by atoms with van der Waals surface area (Å²) in [6.07, 6.45) is 1.85. The van der Waals surface area contributed by atoms with Crippen LogP contribution >= 0.6 is 22.7 Å². The van der Waals surface area contributed by atoms with Crippen LogP contribution < -0.4 is 9.54 Å². The maximum absolute atomic E-state index is 5.45. The van der Waals surface area contributed by atoms with E-state index in [0.29, 0.717) is 6.61 Å². The largest absolute Gasteiger partial charge is 0.494 e. The zero-order chi connectivity index (χ0) is 16.1. The van der Waals surface area contributed by atoms with Crippen LogP contribution in [0.1, 0.15) is 18.2 Å². The second kappa shape index (κ2) is 7.39. The van der Waals surface area contributed by atoms with Crippen molar-refractivity contribution >= 4 is 34.6 Å². The lowest BCUT2D eigenvalue weighted by Gasteiger charge is -2.02. The van der Waals surface area contributed by atoms with Crippen LogP contribution in [0.3, 0.4) is 0 Å². The van der Waals surface area contributed by atoms with E-state index in [1.54, 1.807) is 22.7 Å². The lowest BCUT2D eigenvalue weighted by atomic mass is 10.3. The summed E-state index contributed by atoms with van der Waals surface area (Å²) in [5.41, 5.74) is 3.04. The normalized spacial score (nSPS) is 12.2. The Bertz CT molecular complexity index is 843. The monoisotopic (exact) mass is 343 g/mol. The Balaban J connectivity index is 1.90. The molecule has 0 aliphatic heterocycles. The van der Waals surface area contributed by atoms with Crippen molar-refractivity contribution in [3.05, 3.63) is 62.5 Å². The highest BCUT2D eigenvalue weighted by molar-refractivity contribution is 7.08. The minimum Gasteiger partial charge on any atom is -0.494 e. The van der Waals surface area contributed by atoms with Crippen LogP contribution in [0, 0.1) is 6.92 Å². The average molecular weight is 343 g/mol. The summed E-state index contributed by atoms with van der Waals surface area (Å²) in [5, 5.41) is 10.7.